The average molecular weight is 601 g/mol. The minimum Gasteiger partial charge on any atom is -0.494 e. The molecule has 232 valence electrons. The number of carbonyl (C=O) groups is 3. The summed E-state index contributed by atoms with van der Waals surface area (Å²) >= 11 is 0. The van der Waals surface area contributed by atoms with Gasteiger partial charge in [-0.2, -0.15) is 0 Å². The Kier molecular flexibility index (Phi) is 8.22. The Balaban J connectivity index is 1.35. The second kappa shape index (κ2) is 12.1. The van der Waals surface area contributed by atoms with Gasteiger partial charge in [0.15, 0.2) is 0 Å². The van der Waals surface area contributed by atoms with Gasteiger partial charge < -0.3 is 34.2 Å². The van der Waals surface area contributed by atoms with Gasteiger partial charge in [0.1, 0.15) is 17.4 Å². The molecule has 4 heterocycles. The first-order valence-electron chi connectivity index (χ1n) is 15.5. The lowest BCUT2D eigenvalue weighted by atomic mass is 9.77. The number of hydrogen-bond donors (Lipinski definition) is 1. The number of ether oxygens (including phenoxy) is 2. The monoisotopic (exact) mass is 600 g/mol. The van der Waals surface area contributed by atoms with E-state index in [9.17, 15) is 19.5 Å². The second-order valence-corrected chi connectivity index (χ2v) is 11.4. The number of fused-ring (bicyclic) bond motifs is 2. The SMILES string of the molecule is CCOc1ccc(N2CC=C[C@H]3O[C@]45C=CCN(c6ccc(N(CC)CC)cc6)C(=O)C4N(CCO)C(=O)[C@@H]5[C@H]3C2=O)cc1. The fourth-order valence-corrected chi connectivity index (χ4v) is 7.27. The van der Waals surface area contributed by atoms with Crippen molar-refractivity contribution in [1.82, 2.24) is 4.90 Å². The summed E-state index contributed by atoms with van der Waals surface area (Å²) in [5.41, 5.74) is 1.10. The molecule has 10 nitrogen and oxygen atoms in total. The number of aliphatic hydroxyl groups excluding tert-OH is 1. The Morgan fingerprint density at radius 2 is 1.52 bits per heavy atom. The molecule has 1 N–H and O–H groups in total. The van der Waals surface area contributed by atoms with Crippen molar-refractivity contribution >= 4 is 34.8 Å². The van der Waals surface area contributed by atoms with E-state index in [1.807, 2.05) is 79.8 Å². The highest BCUT2D eigenvalue weighted by Crippen LogP contribution is 2.53. The lowest BCUT2D eigenvalue weighted by Crippen LogP contribution is -2.55. The topological polar surface area (TPSA) is 103 Å². The van der Waals surface area contributed by atoms with Crippen LogP contribution < -0.4 is 19.4 Å². The smallest absolute Gasteiger partial charge is 0.253 e. The van der Waals surface area contributed by atoms with Crippen molar-refractivity contribution in [2.75, 3.05) is 60.6 Å². The highest BCUT2D eigenvalue weighted by Gasteiger charge is 2.71. The number of likely N-dealkylation sites (tertiary alicyclic amines) is 1. The van der Waals surface area contributed by atoms with Gasteiger partial charge in [0.05, 0.1) is 31.2 Å². The average Bonchev–Trinajstić information content (AvgIpc) is 3.34. The number of β-amino-alcohol motifs (C(OH)–C–C–N with tert-alkyl or cyclic N) is 1. The highest BCUT2D eigenvalue weighted by atomic mass is 16.5. The molecule has 1 spiro atoms. The Hall–Kier alpha value is -4.15. The lowest BCUT2D eigenvalue weighted by Gasteiger charge is -2.35. The Bertz CT molecular complexity index is 1450. The van der Waals surface area contributed by atoms with Crippen LogP contribution in [0.25, 0.3) is 0 Å². The molecule has 2 aromatic carbocycles. The second-order valence-electron chi connectivity index (χ2n) is 11.4. The maximum atomic E-state index is 14.4. The predicted molar refractivity (Wildman–Crippen MR) is 168 cm³/mol. The van der Waals surface area contributed by atoms with Crippen LogP contribution in [0.5, 0.6) is 5.75 Å². The van der Waals surface area contributed by atoms with Gasteiger partial charge in [-0.1, -0.05) is 24.3 Å². The van der Waals surface area contributed by atoms with Gasteiger partial charge in [0.25, 0.3) is 5.91 Å². The number of carbonyl (C=O) groups excluding carboxylic acids is 3. The quantitative estimate of drug-likeness (QED) is 0.442. The van der Waals surface area contributed by atoms with Crippen molar-refractivity contribution in [3.05, 3.63) is 72.8 Å². The molecule has 5 atom stereocenters. The number of anilines is 3. The molecule has 4 aliphatic rings. The Morgan fingerprint density at radius 1 is 0.886 bits per heavy atom. The van der Waals surface area contributed by atoms with Crippen molar-refractivity contribution in [1.29, 1.82) is 0 Å². The van der Waals surface area contributed by atoms with Crippen LogP contribution in [-0.4, -0.2) is 91.4 Å². The molecule has 2 aromatic rings. The molecule has 0 bridgehead atoms. The third-order valence-corrected chi connectivity index (χ3v) is 9.25. The van der Waals surface area contributed by atoms with Crippen LogP contribution in [0, 0.1) is 11.8 Å². The van der Waals surface area contributed by atoms with Crippen LogP contribution in [0.15, 0.2) is 72.8 Å². The van der Waals surface area contributed by atoms with E-state index >= 15 is 0 Å². The number of hydrogen-bond acceptors (Lipinski definition) is 7. The van der Waals surface area contributed by atoms with Crippen LogP contribution in [-0.2, 0) is 19.1 Å². The van der Waals surface area contributed by atoms with Crippen molar-refractivity contribution in [2.45, 2.75) is 38.5 Å². The summed E-state index contributed by atoms with van der Waals surface area (Å²) in [4.78, 5) is 49.9. The Morgan fingerprint density at radius 3 is 2.16 bits per heavy atom. The summed E-state index contributed by atoms with van der Waals surface area (Å²) in [5.74, 6) is -1.95. The van der Waals surface area contributed by atoms with E-state index < -0.39 is 29.6 Å². The first-order valence-corrected chi connectivity index (χ1v) is 15.5. The van der Waals surface area contributed by atoms with E-state index in [1.165, 1.54) is 4.90 Å². The largest absolute Gasteiger partial charge is 0.494 e. The zero-order valence-electron chi connectivity index (χ0n) is 25.5. The fraction of sp³-hybridized carbons (Fsp3) is 0.441. The molecule has 3 amide bonds. The van der Waals surface area contributed by atoms with E-state index in [1.54, 1.807) is 9.80 Å². The highest BCUT2D eigenvalue weighted by molar-refractivity contribution is 6.07. The molecule has 2 fully saturated rings. The van der Waals surface area contributed by atoms with E-state index in [-0.39, 0.29) is 37.4 Å². The molecule has 0 aliphatic carbocycles. The number of benzene rings is 2. The maximum Gasteiger partial charge on any atom is 0.253 e. The van der Waals surface area contributed by atoms with Gasteiger partial charge in [0, 0.05) is 49.8 Å². The number of amides is 3. The number of nitrogens with zero attached hydrogens (tertiary/aromatic N) is 4. The molecule has 1 unspecified atom stereocenters. The maximum absolute atomic E-state index is 14.4. The normalized spacial score (nSPS) is 27.6. The van der Waals surface area contributed by atoms with E-state index in [0.717, 1.165) is 18.8 Å². The van der Waals surface area contributed by atoms with Gasteiger partial charge in [-0.3, -0.25) is 14.4 Å². The summed E-state index contributed by atoms with van der Waals surface area (Å²) in [7, 11) is 0. The van der Waals surface area contributed by atoms with Crippen LogP contribution in [0.3, 0.4) is 0 Å². The molecule has 44 heavy (non-hydrogen) atoms. The minimum atomic E-state index is -1.35. The minimum absolute atomic E-state index is 0.0382. The van der Waals surface area contributed by atoms with Crippen molar-refractivity contribution in [3.63, 3.8) is 0 Å². The van der Waals surface area contributed by atoms with Gasteiger partial charge in [-0.05, 0) is 69.3 Å². The first-order chi connectivity index (χ1) is 21.4. The molecular weight excluding hydrogens is 560 g/mol. The molecule has 0 aromatic heterocycles. The summed E-state index contributed by atoms with van der Waals surface area (Å²) in [6.45, 7) is 8.64. The zero-order valence-corrected chi connectivity index (χ0v) is 25.5. The van der Waals surface area contributed by atoms with Gasteiger partial charge in [-0.25, -0.2) is 0 Å². The molecule has 10 heteroatoms. The summed E-state index contributed by atoms with van der Waals surface area (Å²) < 4.78 is 12.3. The molecule has 2 saturated heterocycles. The van der Waals surface area contributed by atoms with Gasteiger partial charge in [0.2, 0.25) is 11.8 Å². The predicted octanol–water partition coefficient (Wildman–Crippen LogP) is 3.01. The van der Waals surface area contributed by atoms with Crippen LogP contribution >= 0.6 is 0 Å². The van der Waals surface area contributed by atoms with Crippen LogP contribution in [0.2, 0.25) is 0 Å². The summed E-state index contributed by atoms with van der Waals surface area (Å²) in [5, 5.41) is 9.97. The first kappa shape index (κ1) is 29.9. The van der Waals surface area contributed by atoms with Crippen LogP contribution in [0.4, 0.5) is 17.1 Å². The van der Waals surface area contributed by atoms with E-state index in [0.29, 0.717) is 30.3 Å². The zero-order chi connectivity index (χ0) is 31.0. The molecule has 4 aliphatic heterocycles. The summed E-state index contributed by atoms with van der Waals surface area (Å²) in [6, 6.07) is 14.1. The van der Waals surface area contributed by atoms with E-state index in [2.05, 4.69) is 18.7 Å². The van der Waals surface area contributed by atoms with Crippen molar-refractivity contribution in [3.8, 4) is 5.75 Å². The van der Waals surface area contributed by atoms with Crippen LogP contribution in [0.1, 0.15) is 20.8 Å². The van der Waals surface area contributed by atoms with Crippen molar-refractivity contribution in [2.24, 2.45) is 11.8 Å². The standard InChI is InChI=1S/C34H40N4O6/c1-4-35(5-2)23-10-12-24(13-11-23)37-20-8-18-34-29(32(41)38(21-22-39)30(34)33(37)42)28-27(44-34)9-7-19-36(31(28)40)25-14-16-26(17-15-25)43-6-3/h7-18,27-30,39H,4-6,19-22H2,1-3H3/t27-,28+,29+,30?,34+/m1/s1. The van der Waals surface area contributed by atoms with Gasteiger partial charge in [-0.15, -0.1) is 0 Å². The third-order valence-electron chi connectivity index (χ3n) is 9.25. The third kappa shape index (κ3) is 4.77. The Labute approximate surface area is 258 Å². The molecule has 0 radical (unpaired) electrons. The molecular formula is C34H40N4O6. The van der Waals surface area contributed by atoms with Gasteiger partial charge >= 0.3 is 0 Å². The molecule has 6 rings (SSSR count). The summed E-state index contributed by atoms with van der Waals surface area (Å²) in [6.07, 6.45) is 6.73. The van der Waals surface area contributed by atoms with E-state index in [4.69, 9.17) is 9.47 Å². The number of rotatable bonds is 9. The van der Waals surface area contributed by atoms with Crippen molar-refractivity contribution < 1.29 is 29.0 Å². The number of aliphatic hydroxyl groups is 1. The molecule has 0 saturated carbocycles. The fourth-order valence-electron chi connectivity index (χ4n) is 7.27. The lowest BCUT2D eigenvalue weighted by molar-refractivity contribution is -0.141.